The van der Waals surface area contributed by atoms with Gasteiger partial charge in [-0.15, -0.1) is 0 Å². The Kier molecular flexibility index (Phi) is 4.78. The SMILES string of the molecule is CCCC(C(=O)Nc1ncccn1)C(N)=S. The molecule has 5 nitrogen and oxygen atoms in total. The van der Waals surface area contributed by atoms with Crippen LogP contribution >= 0.6 is 12.2 Å². The molecule has 3 N–H and O–H groups in total. The molecule has 0 radical (unpaired) electrons. The Morgan fingerprint density at radius 2 is 2.19 bits per heavy atom. The second-order valence-corrected chi connectivity index (χ2v) is 3.78. The molecule has 0 saturated heterocycles. The van der Waals surface area contributed by atoms with E-state index in [2.05, 4.69) is 15.3 Å². The molecule has 1 rings (SSSR count). The normalized spacial score (nSPS) is 11.8. The van der Waals surface area contributed by atoms with Crippen molar-refractivity contribution in [1.29, 1.82) is 0 Å². The standard InChI is InChI=1S/C10H14N4OS/c1-2-4-7(8(11)16)9(15)14-10-12-5-3-6-13-10/h3,5-7H,2,4H2,1H3,(H2,11,16)(H,12,13,14,15). The van der Waals surface area contributed by atoms with Gasteiger partial charge in [-0.1, -0.05) is 25.6 Å². The third-order valence-corrected chi connectivity index (χ3v) is 2.32. The second-order valence-electron chi connectivity index (χ2n) is 3.31. The Balaban J connectivity index is 2.66. The molecule has 86 valence electrons. The van der Waals surface area contributed by atoms with Crippen LogP contribution in [0.4, 0.5) is 5.95 Å². The Morgan fingerprint density at radius 3 is 2.69 bits per heavy atom. The summed E-state index contributed by atoms with van der Waals surface area (Å²) in [7, 11) is 0. The molecule has 0 bridgehead atoms. The quantitative estimate of drug-likeness (QED) is 0.751. The van der Waals surface area contributed by atoms with E-state index in [9.17, 15) is 4.79 Å². The summed E-state index contributed by atoms with van der Waals surface area (Å²) in [4.78, 5) is 19.8. The highest BCUT2D eigenvalue weighted by molar-refractivity contribution is 7.80. The molecule has 1 aromatic heterocycles. The van der Waals surface area contributed by atoms with Crippen LogP contribution in [0.3, 0.4) is 0 Å². The molecule has 0 aliphatic rings. The van der Waals surface area contributed by atoms with Gasteiger partial charge in [0.1, 0.15) is 0 Å². The number of thiocarbonyl (C=S) groups is 1. The summed E-state index contributed by atoms with van der Waals surface area (Å²) in [6.45, 7) is 1.97. The van der Waals surface area contributed by atoms with Crippen LogP contribution in [0.1, 0.15) is 19.8 Å². The average molecular weight is 238 g/mol. The Morgan fingerprint density at radius 1 is 1.56 bits per heavy atom. The molecular formula is C10H14N4OS. The zero-order valence-corrected chi connectivity index (χ0v) is 9.83. The number of hydrogen-bond acceptors (Lipinski definition) is 4. The number of amides is 1. The van der Waals surface area contributed by atoms with Crippen LogP contribution in [-0.4, -0.2) is 20.9 Å². The van der Waals surface area contributed by atoms with Crippen molar-refractivity contribution in [3.8, 4) is 0 Å². The van der Waals surface area contributed by atoms with Crippen molar-refractivity contribution in [1.82, 2.24) is 9.97 Å². The summed E-state index contributed by atoms with van der Waals surface area (Å²) in [5.74, 6) is -0.436. The van der Waals surface area contributed by atoms with Crippen molar-refractivity contribution in [3.63, 3.8) is 0 Å². The Labute approximate surface area is 99.5 Å². The van der Waals surface area contributed by atoms with Gasteiger partial charge in [0.2, 0.25) is 11.9 Å². The molecule has 16 heavy (non-hydrogen) atoms. The maximum atomic E-state index is 11.8. The lowest BCUT2D eigenvalue weighted by Gasteiger charge is -2.13. The number of nitrogens with one attached hydrogen (secondary N) is 1. The van der Waals surface area contributed by atoms with Crippen LogP contribution in [0.15, 0.2) is 18.5 Å². The van der Waals surface area contributed by atoms with Crippen LogP contribution in [0.5, 0.6) is 0 Å². The van der Waals surface area contributed by atoms with E-state index < -0.39 is 5.92 Å². The minimum atomic E-state index is -0.455. The van der Waals surface area contributed by atoms with E-state index in [0.717, 1.165) is 6.42 Å². The highest BCUT2D eigenvalue weighted by atomic mass is 32.1. The van der Waals surface area contributed by atoms with Crippen molar-refractivity contribution < 1.29 is 4.79 Å². The van der Waals surface area contributed by atoms with Gasteiger partial charge < -0.3 is 5.73 Å². The van der Waals surface area contributed by atoms with Crippen molar-refractivity contribution in [2.45, 2.75) is 19.8 Å². The monoisotopic (exact) mass is 238 g/mol. The fourth-order valence-corrected chi connectivity index (χ4v) is 1.48. The van der Waals surface area contributed by atoms with E-state index >= 15 is 0 Å². The van der Waals surface area contributed by atoms with E-state index in [1.807, 2.05) is 6.92 Å². The summed E-state index contributed by atoms with van der Waals surface area (Å²) >= 11 is 4.85. The molecule has 6 heteroatoms. The van der Waals surface area contributed by atoms with Gasteiger partial charge in [-0.25, -0.2) is 9.97 Å². The summed E-state index contributed by atoms with van der Waals surface area (Å²) in [5, 5.41) is 2.58. The first-order chi connectivity index (χ1) is 7.65. The van der Waals surface area contributed by atoms with Crippen LogP contribution in [0.2, 0.25) is 0 Å². The molecular weight excluding hydrogens is 224 g/mol. The molecule has 1 heterocycles. The van der Waals surface area contributed by atoms with Crippen LogP contribution < -0.4 is 11.1 Å². The number of hydrogen-bond donors (Lipinski definition) is 2. The van der Waals surface area contributed by atoms with E-state index in [1.165, 1.54) is 0 Å². The molecule has 1 atom stereocenters. The minimum absolute atomic E-state index is 0.204. The predicted octanol–water partition coefficient (Wildman–Crippen LogP) is 1.12. The Bertz CT molecular complexity index is 368. The lowest BCUT2D eigenvalue weighted by molar-refractivity contribution is -0.118. The molecule has 0 spiro atoms. The van der Waals surface area contributed by atoms with Gasteiger partial charge in [-0.3, -0.25) is 10.1 Å². The molecule has 0 aliphatic carbocycles. The molecule has 1 amide bonds. The van der Waals surface area contributed by atoms with Crippen LogP contribution in [0.25, 0.3) is 0 Å². The molecule has 0 aromatic carbocycles. The third kappa shape index (κ3) is 3.54. The minimum Gasteiger partial charge on any atom is -0.393 e. The van der Waals surface area contributed by atoms with Gasteiger partial charge in [0.25, 0.3) is 0 Å². The second kappa shape index (κ2) is 6.12. The first kappa shape index (κ1) is 12.5. The van der Waals surface area contributed by atoms with E-state index in [0.29, 0.717) is 6.42 Å². The predicted molar refractivity (Wildman–Crippen MR) is 65.8 cm³/mol. The van der Waals surface area contributed by atoms with Crippen molar-refractivity contribution in [2.75, 3.05) is 5.32 Å². The number of nitrogens with zero attached hydrogens (tertiary/aromatic N) is 2. The first-order valence-electron chi connectivity index (χ1n) is 5.02. The number of aromatic nitrogens is 2. The third-order valence-electron chi connectivity index (χ3n) is 2.04. The molecule has 1 aromatic rings. The van der Waals surface area contributed by atoms with E-state index in [4.69, 9.17) is 18.0 Å². The van der Waals surface area contributed by atoms with Gasteiger partial charge in [0.05, 0.1) is 10.9 Å². The van der Waals surface area contributed by atoms with Gasteiger partial charge in [-0.2, -0.15) is 0 Å². The van der Waals surface area contributed by atoms with Crippen LogP contribution in [0, 0.1) is 5.92 Å². The fraction of sp³-hybridized carbons (Fsp3) is 0.400. The number of carbonyl (C=O) groups excluding carboxylic acids is 1. The largest absolute Gasteiger partial charge is 0.393 e. The summed E-state index contributed by atoms with van der Waals surface area (Å²) in [5.41, 5.74) is 5.51. The van der Waals surface area contributed by atoms with E-state index in [1.54, 1.807) is 18.5 Å². The number of nitrogens with two attached hydrogens (primary N) is 1. The topological polar surface area (TPSA) is 80.9 Å². The van der Waals surface area contributed by atoms with Gasteiger partial charge in [0, 0.05) is 12.4 Å². The zero-order chi connectivity index (χ0) is 12.0. The fourth-order valence-electron chi connectivity index (χ4n) is 1.25. The number of anilines is 1. The Hall–Kier alpha value is -1.56. The maximum absolute atomic E-state index is 11.8. The van der Waals surface area contributed by atoms with Crippen molar-refractivity contribution >= 4 is 29.1 Å². The maximum Gasteiger partial charge on any atom is 0.236 e. The van der Waals surface area contributed by atoms with Crippen LogP contribution in [-0.2, 0) is 4.79 Å². The first-order valence-corrected chi connectivity index (χ1v) is 5.43. The van der Waals surface area contributed by atoms with Gasteiger partial charge in [0.15, 0.2) is 0 Å². The zero-order valence-electron chi connectivity index (χ0n) is 9.01. The smallest absolute Gasteiger partial charge is 0.236 e. The number of carbonyl (C=O) groups is 1. The molecule has 0 fully saturated rings. The lowest BCUT2D eigenvalue weighted by Crippen LogP contribution is -2.33. The highest BCUT2D eigenvalue weighted by Gasteiger charge is 2.20. The lowest BCUT2D eigenvalue weighted by atomic mass is 10.0. The molecule has 0 saturated carbocycles. The van der Waals surface area contributed by atoms with E-state index in [-0.39, 0.29) is 16.8 Å². The van der Waals surface area contributed by atoms with Crippen molar-refractivity contribution in [2.24, 2.45) is 11.7 Å². The van der Waals surface area contributed by atoms with Crippen molar-refractivity contribution in [3.05, 3.63) is 18.5 Å². The molecule has 0 aliphatic heterocycles. The summed E-state index contributed by atoms with van der Waals surface area (Å²) < 4.78 is 0. The summed E-state index contributed by atoms with van der Waals surface area (Å²) in [6.07, 6.45) is 4.58. The average Bonchev–Trinajstić information content (AvgIpc) is 2.26. The van der Waals surface area contributed by atoms with Gasteiger partial charge >= 0.3 is 0 Å². The van der Waals surface area contributed by atoms with Gasteiger partial charge in [-0.05, 0) is 12.5 Å². The summed E-state index contributed by atoms with van der Waals surface area (Å²) in [6, 6.07) is 1.67. The molecule has 1 unspecified atom stereocenters. The highest BCUT2D eigenvalue weighted by Crippen LogP contribution is 2.09. The number of rotatable bonds is 5.